The molecule has 0 fully saturated rings. The molecule has 0 spiro atoms. The van der Waals surface area contributed by atoms with Gasteiger partial charge in [0, 0.05) is 39.5 Å². The van der Waals surface area contributed by atoms with E-state index in [0.717, 1.165) is 18.7 Å². The zero-order chi connectivity index (χ0) is 13.4. The quantitative estimate of drug-likeness (QED) is 0.762. The first-order chi connectivity index (χ1) is 8.72. The molecule has 0 radical (unpaired) electrons. The average Bonchev–Trinajstić information content (AvgIpc) is 2.39. The maximum atomic E-state index is 5.81. The van der Waals surface area contributed by atoms with E-state index in [4.69, 9.17) is 15.2 Å². The molecule has 4 heteroatoms. The lowest BCUT2D eigenvalue weighted by Crippen LogP contribution is -2.31. The van der Waals surface area contributed by atoms with E-state index < -0.39 is 0 Å². The van der Waals surface area contributed by atoms with Gasteiger partial charge in [-0.1, -0.05) is 12.1 Å². The van der Waals surface area contributed by atoms with Crippen molar-refractivity contribution in [3.8, 4) is 0 Å². The molecule has 0 aliphatic heterocycles. The smallest absolute Gasteiger partial charge is 0.0637 e. The van der Waals surface area contributed by atoms with Gasteiger partial charge in [-0.15, -0.1) is 0 Å². The largest absolute Gasteiger partial charge is 0.383 e. The summed E-state index contributed by atoms with van der Waals surface area (Å²) in [5, 5.41) is 0. The molecule has 0 aliphatic rings. The van der Waals surface area contributed by atoms with Crippen molar-refractivity contribution < 1.29 is 9.47 Å². The highest BCUT2D eigenvalue weighted by Crippen LogP contribution is 2.21. The molecule has 18 heavy (non-hydrogen) atoms. The van der Waals surface area contributed by atoms with Gasteiger partial charge >= 0.3 is 0 Å². The standard InChI is InChI=1S/C14H24N2O2/c1-12-4-5-13(11-15)14(10-12)16(6-8-17-2)7-9-18-3/h4-5,10H,6-9,11,15H2,1-3H3. The number of methoxy groups -OCH3 is 2. The minimum Gasteiger partial charge on any atom is -0.383 e. The number of anilines is 1. The van der Waals surface area contributed by atoms with Crippen LogP contribution in [-0.4, -0.2) is 40.5 Å². The molecule has 0 amide bonds. The summed E-state index contributed by atoms with van der Waals surface area (Å²) in [4.78, 5) is 2.27. The molecule has 0 bridgehead atoms. The Kier molecular flexibility index (Phi) is 6.72. The van der Waals surface area contributed by atoms with Crippen molar-refractivity contribution >= 4 is 5.69 Å². The zero-order valence-electron chi connectivity index (χ0n) is 11.6. The van der Waals surface area contributed by atoms with E-state index in [1.165, 1.54) is 11.3 Å². The normalized spacial score (nSPS) is 10.7. The van der Waals surface area contributed by atoms with Gasteiger partial charge in [0.1, 0.15) is 0 Å². The van der Waals surface area contributed by atoms with E-state index in [9.17, 15) is 0 Å². The molecule has 0 saturated heterocycles. The number of hydrogen-bond acceptors (Lipinski definition) is 4. The molecule has 0 aromatic heterocycles. The van der Waals surface area contributed by atoms with E-state index in [-0.39, 0.29) is 0 Å². The second-order valence-corrected chi connectivity index (χ2v) is 4.31. The number of nitrogens with zero attached hydrogens (tertiary/aromatic N) is 1. The van der Waals surface area contributed by atoms with Gasteiger partial charge in [0.25, 0.3) is 0 Å². The predicted octanol–water partition coefficient (Wildman–Crippen LogP) is 1.55. The van der Waals surface area contributed by atoms with Gasteiger partial charge in [0.05, 0.1) is 13.2 Å². The lowest BCUT2D eigenvalue weighted by molar-refractivity contribution is 0.190. The fourth-order valence-corrected chi connectivity index (χ4v) is 1.90. The van der Waals surface area contributed by atoms with Crippen LogP contribution in [0.15, 0.2) is 18.2 Å². The maximum absolute atomic E-state index is 5.81. The van der Waals surface area contributed by atoms with Gasteiger partial charge in [-0.3, -0.25) is 0 Å². The fourth-order valence-electron chi connectivity index (χ4n) is 1.90. The van der Waals surface area contributed by atoms with Crippen LogP contribution in [0.25, 0.3) is 0 Å². The van der Waals surface area contributed by atoms with Crippen LogP contribution in [0.3, 0.4) is 0 Å². The molecule has 2 N–H and O–H groups in total. The van der Waals surface area contributed by atoms with Crippen LogP contribution in [0, 0.1) is 6.92 Å². The zero-order valence-corrected chi connectivity index (χ0v) is 11.6. The predicted molar refractivity (Wildman–Crippen MR) is 75.0 cm³/mol. The molecule has 0 unspecified atom stereocenters. The summed E-state index contributed by atoms with van der Waals surface area (Å²) in [5.74, 6) is 0. The molecule has 0 aliphatic carbocycles. The third-order valence-corrected chi connectivity index (χ3v) is 2.93. The Labute approximate surface area is 110 Å². The van der Waals surface area contributed by atoms with Gasteiger partial charge in [-0.2, -0.15) is 0 Å². The highest BCUT2D eigenvalue weighted by Gasteiger charge is 2.10. The second kappa shape index (κ2) is 8.08. The summed E-state index contributed by atoms with van der Waals surface area (Å²) in [5.41, 5.74) is 9.39. The van der Waals surface area contributed by atoms with Gasteiger partial charge in [-0.25, -0.2) is 0 Å². The number of aryl methyl sites for hydroxylation is 1. The van der Waals surface area contributed by atoms with Gasteiger partial charge in [-0.05, 0) is 24.1 Å². The molecular formula is C14H24N2O2. The summed E-state index contributed by atoms with van der Waals surface area (Å²) in [6.45, 7) is 5.72. The molecule has 0 atom stereocenters. The van der Waals surface area contributed by atoms with E-state index in [0.29, 0.717) is 19.8 Å². The summed E-state index contributed by atoms with van der Waals surface area (Å²) >= 11 is 0. The number of benzene rings is 1. The van der Waals surface area contributed by atoms with E-state index >= 15 is 0 Å². The van der Waals surface area contributed by atoms with Crippen LogP contribution >= 0.6 is 0 Å². The lowest BCUT2D eigenvalue weighted by Gasteiger charge is -2.27. The number of hydrogen-bond donors (Lipinski definition) is 1. The molecule has 0 saturated carbocycles. The van der Waals surface area contributed by atoms with Crippen LogP contribution < -0.4 is 10.6 Å². The highest BCUT2D eigenvalue weighted by molar-refractivity contribution is 5.55. The SMILES string of the molecule is COCCN(CCOC)c1cc(C)ccc1CN. The van der Waals surface area contributed by atoms with Crippen molar-refractivity contribution in [2.24, 2.45) is 5.73 Å². The first kappa shape index (κ1) is 15.0. The van der Waals surface area contributed by atoms with Crippen molar-refractivity contribution in [2.45, 2.75) is 13.5 Å². The molecule has 0 heterocycles. The third kappa shape index (κ3) is 4.29. The van der Waals surface area contributed by atoms with Crippen LogP contribution in [-0.2, 0) is 16.0 Å². The van der Waals surface area contributed by atoms with Crippen LogP contribution in [0.4, 0.5) is 5.69 Å². The Morgan fingerprint density at radius 1 is 1.11 bits per heavy atom. The van der Waals surface area contributed by atoms with E-state index in [1.807, 2.05) is 0 Å². The molecule has 102 valence electrons. The Hall–Kier alpha value is -1.10. The topological polar surface area (TPSA) is 47.7 Å². The van der Waals surface area contributed by atoms with Crippen molar-refractivity contribution in [3.63, 3.8) is 0 Å². The minimum atomic E-state index is 0.548. The molecule has 1 aromatic rings. The number of rotatable bonds is 8. The molecular weight excluding hydrogens is 228 g/mol. The van der Waals surface area contributed by atoms with Crippen LogP contribution in [0.1, 0.15) is 11.1 Å². The third-order valence-electron chi connectivity index (χ3n) is 2.93. The van der Waals surface area contributed by atoms with Gasteiger partial charge < -0.3 is 20.1 Å². The first-order valence-corrected chi connectivity index (χ1v) is 6.25. The van der Waals surface area contributed by atoms with Crippen molar-refractivity contribution in [2.75, 3.05) is 45.4 Å². The molecule has 4 nitrogen and oxygen atoms in total. The summed E-state index contributed by atoms with van der Waals surface area (Å²) < 4.78 is 10.3. The molecule has 1 rings (SSSR count). The Morgan fingerprint density at radius 2 is 1.72 bits per heavy atom. The lowest BCUT2D eigenvalue weighted by atomic mass is 10.1. The van der Waals surface area contributed by atoms with E-state index in [1.54, 1.807) is 14.2 Å². The van der Waals surface area contributed by atoms with Crippen molar-refractivity contribution in [3.05, 3.63) is 29.3 Å². The summed E-state index contributed by atoms with van der Waals surface area (Å²) in [6.07, 6.45) is 0. The monoisotopic (exact) mass is 252 g/mol. The van der Waals surface area contributed by atoms with E-state index in [2.05, 4.69) is 30.0 Å². The Bertz CT molecular complexity index is 348. The van der Waals surface area contributed by atoms with Crippen LogP contribution in [0.2, 0.25) is 0 Å². The minimum absolute atomic E-state index is 0.548. The van der Waals surface area contributed by atoms with Gasteiger partial charge in [0.15, 0.2) is 0 Å². The summed E-state index contributed by atoms with van der Waals surface area (Å²) in [6, 6.07) is 6.36. The maximum Gasteiger partial charge on any atom is 0.0637 e. The number of nitrogens with two attached hydrogens (primary N) is 1. The first-order valence-electron chi connectivity index (χ1n) is 6.25. The van der Waals surface area contributed by atoms with Crippen molar-refractivity contribution in [1.82, 2.24) is 0 Å². The van der Waals surface area contributed by atoms with Crippen LogP contribution in [0.5, 0.6) is 0 Å². The average molecular weight is 252 g/mol. The molecule has 1 aromatic carbocycles. The van der Waals surface area contributed by atoms with Gasteiger partial charge in [0.2, 0.25) is 0 Å². The Morgan fingerprint density at radius 3 is 2.22 bits per heavy atom. The summed E-state index contributed by atoms with van der Waals surface area (Å²) in [7, 11) is 3.43. The van der Waals surface area contributed by atoms with Crippen molar-refractivity contribution in [1.29, 1.82) is 0 Å². The Balaban J connectivity index is 2.90. The fraction of sp³-hybridized carbons (Fsp3) is 0.571. The second-order valence-electron chi connectivity index (χ2n) is 4.31. The highest BCUT2D eigenvalue weighted by atomic mass is 16.5. The number of ether oxygens (including phenoxy) is 2.